The summed E-state index contributed by atoms with van der Waals surface area (Å²) in [5.74, 6) is -0.972. The number of thiophene rings is 1. The summed E-state index contributed by atoms with van der Waals surface area (Å²) in [7, 11) is -3.59. The molecular formula is C21H28ClN3O6S2. The number of carbonyl (C=O) groups excluding carboxylic acids is 2. The van der Waals surface area contributed by atoms with E-state index in [0.29, 0.717) is 36.4 Å². The lowest BCUT2D eigenvalue weighted by atomic mass is 9.94. The van der Waals surface area contributed by atoms with Crippen LogP contribution in [-0.4, -0.2) is 56.0 Å². The Bertz CT molecular complexity index is 1080. The maximum atomic E-state index is 13.1. The second-order valence-corrected chi connectivity index (χ2v) is 11.2. The van der Waals surface area contributed by atoms with Crippen LogP contribution in [0.15, 0.2) is 36.4 Å². The van der Waals surface area contributed by atoms with Crippen LogP contribution in [0.4, 0.5) is 5.69 Å². The van der Waals surface area contributed by atoms with E-state index in [1.54, 1.807) is 29.7 Å². The number of benzene rings is 1. The fourth-order valence-corrected chi connectivity index (χ4v) is 7.66. The molecule has 33 heavy (non-hydrogen) atoms. The third-order valence-corrected chi connectivity index (χ3v) is 9.52. The van der Waals surface area contributed by atoms with Crippen molar-refractivity contribution in [2.75, 3.05) is 30.8 Å². The van der Waals surface area contributed by atoms with Crippen molar-refractivity contribution < 1.29 is 28.3 Å². The first-order valence-corrected chi connectivity index (χ1v) is 12.8. The summed E-state index contributed by atoms with van der Waals surface area (Å²) >= 11 is 1.30. The average molecular weight is 518 g/mol. The number of amides is 2. The maximum absolute atomic E-state index is 13.1. The Morgan fingerprint density at radius 2 is 1.91 bits per heavy atom. The first kappa shape index (κ1) is 27.2. The molecule has 2 amide bonds. The highest BCUT2D eigenvalue weighted by Gasteiger charge is 2.49. The van der Waals surface area contributed by atoms with Crippen molar-refractivity contribution in [3.05, 3.63) is 41.3 Å². The number of sulfone groups is 1. The third kappa shape index (κ3) is 6.31. The van der Waals surface area contributed by atoms with Gasteiger partial charge in [0.2, 0.25) is 11.8 Å². The smallest absolute Gasteiger partial charge is 0.245 e. The second-order valence-electron chi connectivity index (χ2n) is 7.68. The summed E-state index contributed by atoms with van der Waals surface area (Å²) in [4.78, 5) is 25.4. The van der Waals surface area contributed by atoms with Crippen molar-refractivity contribution in [1.82, 2.24) is 10.8 Å². The van der Waals surface area contributed by atoms with Crippen LogP contribution < -0.4 is 16.1 Å². The van der Waals surface area contributed by atoms with E-state index in [1.807, 2.05) is 12.1 Å². The van der Waals surface area contributed by atoms with E-state index in [-0.39, 0.29) is 43.6 Å². The summed E-state index contributed by atoms with van der Waals surface area (Å²) in [5.41, 5.74) is 2.96. The normalized spacial score (nSPS) is 19.3. The molecule has 5 N–H and O–H groups in total. The fraction of sp³-hybridized carbons (Fsp3) is 0.429. The van der Waals surface area contributed by atoms with Gasteiger partial charge < -0.3 is 15.7 Å². The van der Waals surface area contributed by atoms with Gasteiger partial charge in [-0.15, -0.1) is 23.7 Å². The van der Waals surface area contributed by atoms with Crippen LogP contribution in [0, 0.1) is 0 Å². The molecule has 3 rings (SSSR count). The first-order chi connectivity index (χ1) is 15.3. The van der Waals surface area contributed by atoms with Crippen molar-refractivity contribution >= 4 is 51.1 Å². The van der Waals surface area contributed by atoms with Gasteiger partial charge >= 0.3 is 0 Å². The number of nitrogens with one attached hydrogen (secondary N) is 3. The van der Waals surface area contributed by atoms with Crippen molar-refractivity contribution in [3.63, 3.8) is 0 Å². The number of carbonyl (C=O) groups is 2. The van der Waals surface area contributed by atoms with E-state index >= 15 is 0 Å². The van der Waals surface area contributed by atoms with Gasteiger partial charge in [0, 0.05) is 22.0 Å². The summed E-state index contributed by atoms with van der Waals surface area (Å²) < 4.78 is 24.8. The monoisotopic (exact) mass is 517 g/mol. The van der Waals surface area contributed by atoms with E-state index in [2.05, 4.69) is 10.6 Å². The Hall–Kier alpha value is -2.02. The molecule has 0 unspecified atom stereocenters. The Kier molecular flexibility index (Phi) is 9.83. The summed E-state index contributed by atoms with van der Waals surface area (Å²) in [6, 6.07) is 10.7. The SMILES string of the molecule is Cl.O=C(C[C@]1(c2ccc(-c3cccc(NC(=O)CNCCO)c3)s2)CCCCS1(=O)=O)NO. The molecule has 2 aromatic rings. The van der Waals surface area contributed by atoms with E-state index in [1.165, 1.54) is 11.3 Å². The highest BCUT2D eigenvalue weighted by Crippen LogP contribution is 2.47. The highest BCUT2D eigenvalue weighted by atomic mass is 35.5. The zero-order valence-electron chi connectivity index (χ0n) is 17.9. The molecule has 182 valence electrons. The Balaban J connectivity index is 0.00000385. The van der Waals surface area contributed by atoms with Crippen LogP contribution in [0.3, 0.4) is 0 Å². The van der Waals surface area contributed by atoms with Crippen LogP contribution in [-0.2, 0) is 24.2 Å². The van der Waals surface area contributed by atoms with Crippen LogP contribution in [0.5, 0.6) is 0 Å². The molecule has 9 nitrogen and oxygen atoms in total. The minimum absolute atomic E-state index is 0. The molecule has 1 fully saturated rings. The molecule has 12 heteroatoms. The van der Waals surface area contributed by atoms with Crippen LogP contribution in [0.2, 0.25) is 0 Å². The topological polar surface area (TPSA) is 145 Å². The third-order valence-electron chi connectivity index (χ3n) is 5.47. The molecule has 0 spiro atoms. The van der Waals surface area contributed by atoms with Gasteiger partial charge in [0.1, 0.15) is 4.75 Å². The molecule has 1 aliphatic heterocycles. The van der Waals surface area contributed by atoms with Gasteiger partial charge in [-0.2, -0.15) is 0 Å². The standard InChI is InChI=1S/C21H27N3O6S2.ClH/c25-10-9-22-14-20(27)23-16-5-3-4-15(12-16)17-6-7-18(31-17)21(13-19(26)24-28)8-1-2-11-32(21,29)30;/h3-7,12,22,25,28H,1-2,8-11,13-14H2,(H,23,27)(H,24,26);1H/t21-;/m0./s1. The molecule has 0 bridgehead atoms. The number of hydrogen-bond acceptors (Lipinski definition) is 8. The van der Waals surface area contributed by atoms with Crippen LogP contribution >= 0.6 is 23.7 Å². The van der Waals surface area contributed by atoms with E-state index in [4.69, 9.17) is 10.3 Å². The Labute approximate surface area is 202 Å². The van der Waals surface area contributed by atoms with Gasteiger partial charge in [-0.1, -0.05) is 18.6 Å². The predicted octanol–water partition coefficient (Wildman–Crippen LogP) is 2.05. The molecule has 1 saturated heterocycles. The van der Waals surface area contributed by atoms with E-state index in [0.717, 1.165) is 10.4 Å². The van der Waals surface area contributed by atoms with Gasteiger partial charge in [0.15, 0.2) is 9.84 Å². The highest BCUT2D eigenvalue weighted by molar-refractivity contribution is 7.92. The molecule has 1 aliphatic rings. The predicted molar refractivity (Wildman–Crippen MR) is 129 cm³/mol. The van der Waals surface area contributed by atoms with E-state index < -0.39 is 20.5 Å². The van der Waals surface area contributed by atoms with Crippen molar-refractivity contribution in [2.24, 2.45) is 0 Å². The van der Waals surface area contributed by atoms with Crippen LogP contribution in [0.1, 0.15) is 30.6 Å². The van der Waals surface area contributed by atoms with Gasteiger partial charge in [0.25, 0.3) is 0 Å². The maximum Gasteiger partial charge on any atom is 0.245 e. The first-order valence-electron chi connectivity index (χ1n) is 10.3. The number of hydrogen-bond donors (Lipinski definition) is 5. The lowest BCUT2D eigenvalue weighted by Gasteiger charge is -2.35. The quantitative estimate of drug-likeness (QED) is 0.194. The lowest BCUT2D eigenvalue weighted by Crippen LogP contribution is -2.43. The molecular weight excluding hydrogens is 490 g/mol. The van der Waals surface area contributed by atoms with Gasteiger partial charge in [-0.3, -0.25) is 14.8 Å². The summed E-state index contributed by atoms with van der Waals surface area (Å²) in [5, 5.41) is 23.4. The minimum atomic E-state index is -3.59. The molecule has 0 radical (unpaired) electrons. The van der Waals surface area contributed by atoms with Crippen molar-refractivity contribution in [1.29, 1.82) is 0 Å². The number of aliphatic hydroxyl groups is 1. The lowest BCUT2D eigenvalue weighted by molar-refractivity contribution is -0.130. The summed E-state index contributed by atoms with van der Waals surface area (Å²) in [6.45, 7) is 0.340. The molecule has 1 atom stereocenters. The average Bonchev–Trinajstić information content (AvgIpc) is 3.26. The zero-order chi connectivity index (χ0) is 23.2. The number of anilines is 1. The van der Waals surface area contributed by atoms with Crippen molar-refractivity contribution in [3.8, 4) is 10.4 Å². The largest absolute Gasteiger partial charge is 0.395 e. The molecule has 0 saturated carbocycles. The number of rotatable bonds is 9. The van der Waals surface area contributed by atoms with Gasteiger partial charge in [0.05, 0.1) is 25.3 Å². The minimum Gasteiger partial charge on any atom is -0.395 e. The van der Waals surface area contributed by atoms with Crippen LogP contribution in [0.25, 0.3) is 10.4 Å². The van der Waals surface area contributed by atoms with Gasteiger partial charge in [-0.25, -0.2) is 13.9 Å². The molecule has 1 aromatic carbocycles. The second kappa shape index (κ2) is 11.9. The molecule has 1 aromatic heterocycles. The summed E-state index contributed by atoms with van der Waals surface area (Å²) in [6.07, 6.45) is 1.22. The number of aliphatic hydroxyl groups excluding tert-OH is 1. The molecule has 0 aliphatic carbocycles. The van der Waals surface area contributed by atoms with Crippen molar-refractivity contribution in [2.45, 2.75) is 30.4 Å². The van der Waals surface area contributed by atoms with Gasteiger partial charge in [-0.05, 0) is 42.7 Å². The zero-order valence-corrected chi connectivity index (χ0v) is 20.3. The fourth-order valence-electron chi connectivity index (χ4n) is 3.89. The Morgan fingerprint density at radius 1 is 1.12 bits per heavy atom. The Morgan fingerprint density at radius 3 is 2.61 bits per heavy atom. The number of hydroxylamine groups is 1. The number of halogens is 1. The van der Waals surface area contributed by atoms with E-state index in [9.17, 15) is 18.0 Å². The molecule has 2 heterocycles.